The lowest BCUT2D eigenvalue weighted by molar-refractivity contribution is 0.0164. The van der Waals surface area contributed by atoms with Crippen molar-refractivity contribution in [2.45, 2.75) is 44.4 Å². The van der Waals surface area contributed by atoms with Gasteiger partial charge >= 0.3 is 0 Å². The van der Waals surface area contributed by atoms with Gasteiger partial charge in [-0.3, -0.25) is 0 Å². The Labute approximate surface area is 109 Å². The largest absolute Gasteiger partial charge is 0.490 e. The van der Waals surface area contributed by atoms with E-state index < -0.39 is 6.10 Å². The van der Waals surface area contributed by atoms with Crippen molar-refractivity contribution in [3.05, 3.63) is 29.8 Å². The lowest BCUT2D eigenvalue weighted by Crippen LogP contribution is -2.43. The molecule has 2 rings (SSSR count). The summed E-state index contributed by atoms with van der Waals surface area (Å²) in [6, 6.07) is 7.80. The Kier molecular flexibility index (Phi) is 3.64. The minimum absolute atomic E-state index is 0.293. The number of benzene rings is 1. The zero-order chi connectivity index (χ0) is 13.3. The van der Waals surface area contributed by atoms with Crippen molar-refractivity contribution < 1.29 is 9.84 Å². The van der Waals surface area contributed by atoms with Crippen LogP contribution in [0, 0.1) is 0 Å². The topological polar surface area (TPSA) is 32.7 Å². The van der Waals surface area contributed by atoms with Gasteiger partial charge in [0.25, 0.3) is 0 Å². The predicted octanol–water partition coefficient (Wildman–Crippen LogP) is 2.60. The second-order valence-corrected chi connectivity index (χ2v) is 5.84. The number of nitrogens with zero attached hydrogens (tertiary/aromatic N) is 1. The SMILES string of the molecule is CN(C)C(C)(C)C(O)c1ccc(OC2CC2)cc1. The molecular formula is C15H23NO2. The second kappa shape index (κ2) is 4.90. The molecule has 1 atom stereocenters. The first-order valence-corrected chi connectivity index (χ1v) is 6.53. The average molecular weight is 249 g/mol. The van der Waals surface area contributed by atoms with E-state index in [1.54, 1.807) is 0 Å². The summed E-state index contributed by atoms with van der Waals surface area (Å²) >= 11 is 0. The highest BCUT2D eigenvalue weighted by Crippen LogP contribution is 2.31. The smallest absolute Gasteiger partial charge is 0.119 e. The average Bonchev–Trinajstić information content (AvgIpc) is 3.13. The highest BCUT2D eigenvalue weighted by Gasteiger charge is 2.31. The molecule has 0 spiro atoms. The van der Waals surface area contributed by atoms with Crippen LogP contribution in [-0.4, -0.2) is 35.7 Å². The molecule has 100 valence electrons. The Morgan fingerprint density at radius 1 is 1.22 bits per heavy atom. The minimum Gasteiger partial charge on any atom is -0.490 e. The zero-order valence-electron chi connectivity index (χ0n) is 11.7. The maximum atomic E-state index is 10.4. The van der Waals surface area contributed by atoms with E-state index in [0.717, 1.165) is 24.2 Å². The molecule has 0 amide bonds. The van der Waals surface area contributed by atoms with Crippen LogP contribution in [0.4, 0.5) is 0 Å². The van der Waals surface area contributed by atoms with E-state index in [0.29, 0.717) is 6.10 Å². The van der Waals surface area contributed by atoms with Gasteiger partial charge in [0, 0.05) is 5.54 Å². The predicted molar refractivity (Wildman–Crippen MR) is 72.8 cm³/mol. The molecule has 0 bridgehead atoms. The molecule has 1 saturated carbocycles. The fourth-order valence-corrected chi connectivity index (χ4v) is 1.76. The molecule has 3 nitrogen and oxygen atoms in total. The van der Waals surface area contributed by atoms with Gasteiger partial charge < -0.3 is 14.7 Å². The highest BCUT2D eigenvalue weighted by atomic mass is 16.5. The van der Waals surface area contributed by atoms with Crippen molar-refractivity contribution in [1.82, 2.24) is 4.90 Å². The Bertz CT molecular complexity index is 393. The van der Waals surface area contributed by atoms with Crippen LogP contribution in [-0.2, 0) is 0 Å². The summed E-state index contributed by atoms with van der Waals surface area (Å²) in [6.07, 6.45) is 2.23. The molecule has 1 aliphatic rings. The normalized spacial score (nSPS) is 17.9. The van der Waals surface area contributed by atoms with Crippen LogP contribution in [0.5, 0.6) is 5.75 Å². The molecule has 1 N–H and O–H groups in total. The number of aliphatic hydroxyl groups is 1. The molecule has 0 aliphatic heterocycles. The van der Waals surface area contributed by atoms with E-state index in [1.165, 1.54) is 0 Å². The summed E-state index contributed by atoms with van der Waals surface area (Å²) in [4.78, 5) is 2.03. The van der Waals surface area contributed by atoms with Gasteiger partial charge in [0.1, 0.15) is 5.75 Å². The van der Waals surface area contributed by atoms with Gasteiger partial charge in [0.2, 0.25) is 0 Å². The molecule has 1 fully saturated rings. The summed E-state index contributed by atoms with van der Waals surface area (Å²) < 4.78 is 5.70. The van der Waals surface area contributed by atoms with Crippen LogP contribution < -0.4 is 4.74 Å². The molecule has 1 aromatic rings. The van der Waals surface area contributed by atoms with Crippen LogP contribution in [0.25, 0.3) is 0 Å². The second-order valence-electron chi connectivity index (χ2n) is 5.84. The van der Waals surface area contributed by atoms with Gasteiger partial charge in [0.15, 0.2) is 0 Å². The minimum atomic E-state index is -0.512. The first-order valence-electron chi connectivity index (χ1n) is 6.53. The van der Waals surface area contributed by atoms with Gasteiger partial charge in [0.05, 0.1) is 12.2 Å². The summed E-state index contributed by atoms with van der Waals surface area (Å²) in [5.41, 5.74) is 0.635. The summed E-state index contributed by atoms with van der Waals surface area (Å²) in [5, 5.41) is 10.4. The maximum Gasteiger partial charge on any atom is 0.119 e. The molecule has 1 aromatic carbocycles. The first kappa shape index (κ1) is 13.4. The molecule has 18 heavy (non-hydrogen) atoms. The quantitative estimate of drug-likeness (QED) is 0.870. The van der Waals surface area contributed by atoms with Crippen LogP contribution in [0.2, 0.25) is 0 Å². The number of hydrogen-bond donors (Lipinski definition) is 1. The molecule has 3 heteroatoms. The molecule has 0 aromatic heterocycles. The van der Waals surface area contributed by atoms with Crippen LogP contribution in [0.1, 0.15) is 38.4 Å². The molecule has 1 unspecified atom stereocenters. The fraction of sp³-hybridized carbons (Fsp3) is 0.600. The van der Waals surface area contributed by atoms with Crippen molar-refractivity contribution in [3.8, 4) is 5.75 Å². The summed E-state index contributed by atoms with van der Waals surface area (Å²) in [5.74, 6) is 0.899. The van der Waals surface area contributed by atoms with Gasteiger partial charge in [-0.05, 0) is 58.5 Å². The molecule has 0 saturated heterocycles. The van der Waals surface area contributed by atoms with Crippen molar-refractivity contribution >= 4 is 0 Å². The van der Waals surface area contributed by atoms with Gasteiger partial charge in [-0.2, -0.15) is 0 Å². The maximum absolute atomic E-state index is 10.4. The number of hydrogen-bond acceptors (Lipinski definition) is 3. The zero-order valence-corrected chi connectivity index (χ0v) is 11.7. The third kappa shape index (κ3) is 2.85. The summed E-state index contributed by atoms with van der Waals surface area (Å²) in [6.45, 7) is 4.07. The van der Waals surface area contributed by atoms with E-state index in [-0.39, 0.29) is 5.54 Å². The van der Waals surface area contributed by atoms with E-state index in [2.05, 4.69) is 0 Å². The monoisotopic (exact) mass is 249 g/mol. The Hall–Kier alpha value is -1.06. The van der Waals surface area contributed by atoms with Gasteiger partial charge in [-0.15, -0.1) is 0 Å². The van der Waals surface area contributed by atoms with Crippen molar-refractivity contribution in [2.24, 2.45) is 0 Å². The van der Waals surface area contributed by atoms with Crippen LogP contribution in [0.3, 0.4) is 0 Å². The number of aliphatic hydroxyl groups excluding tert-OH is 1. The highest BCUT2D eigenvalue weighted by molar-refractivity contribution is 5.30. The van der Waals surface area contributed by atoms with Crippen LogP contribution in [0.15, 0.2) is 24.3 Å². The lowest BCUT2D eigenvalue weighted by atomic mass is 9.90. The summed E-state index contributed by atoms with van der Waals surface area (Å²) in [7, 11) is 3.96. The Morgan fingerprint density at radius 3 is 2.22 bits per heavy atom. The molecule has 1 aliphatic carbocycles. The third-order valence-electron chi connectivity index (χ3n) is 3.84. The van der Waals surface area contributed by atoms with Crippen molar-refractivity contribution in [1.29, 1.82) is 0 Å². The molecule has 0 heterocycles. The molecular weight excluding hydrogens is 226 g/mol. The Morgan fingerprint density at radius 2 is 1.78 bits per heavy atom. The van der Waals surface area contributed by atoms with Crippen LogP contribution >= 0.6 is 0 Å². The number of ether oxygens (including phenoxy) is 1. The van der Waals surface area contributed by atoms with Crippen molar-refractivity contribution in [3.63, 3.8) is 0 Å². The number of likely N-dealkylation sites (N-methyl/N-ethyl adjacent to an activating group) is 1. The van der Waals surface area contributed by atoms with Gasteiger partial charge in [-0.25, -0.2) is 0 Å². The van der Waals surface area contributed by atoms with Gasteiger partial charge in [-0.1, -0.05) is 12.1 Å². The van der Waals surface area contributed by atoms with E-state index >= 15 is 0 Å². The van der Waals surface area contributed by atoms with E-state index in [4.69, 9.17) is 4.74 Å². The standard InChI is InChI=1S/C15H23NO2/c1-15(2,16(3)4)14(17)11-5-7-12(8-6-11)18-13-9-10-13/h5-8,13-14,17H,9-10H2,1-4H3. The van der Waals surface area contributed by atoms with E-state index in [9.17, 15) is 5.11 Å². The Balaban J connectivity index is 2.08. The third-order valence-corrected chi connectivity index (χ3v) is 3.84. The first-order chi connectivity index (χ1) is 8.41. The fourth-order valence-electron chi connectivity index (χ4n) is 1.76. The van der Waals surface area contributed by atoms with Crippen molar-refractivity contribution in [2.75, 3.05) is 14.1 Å². The lowest BCUT2D eigenvalue weighted by Gasteiger charge is -2.37. The van der Waals surface area contributed by atoms with E-state index in [1.807, 2.05) is 57.1 Å². The molecule has 0 radical (unpaired) electrons. The number of rotatable bonds is 5.